The second-order valence-corrected chi connectivity index (χ2v) is 11.3. The van der Waals surface area contributed by atoms with Crippen LogP contribution in [0.5, 0.6) is 0 Å². The highest BCUT2D eigenvalue weighted by Gasteiger charge is 2.36. The van der Waals surface area contributed by atoms with Gasteiger partial charge in [-0.3, -0.25) is 5.10 Å². The molecule has 0 atom stereocenters. The van der Waals surface area contributed by atoms with Gasteiger partial charge in [-0.15, -0.1) is 0 Å². The van der Waals surface area contributed by atoms with Gasteiger partial charge in [-0.2, -0.15) is 5.10 Å². The molecule has 1 aliphatic heterocycles. The number of H-pyrrole nitrogens is 1. The van der Waals surface area contributed by atoms with Crippen molar-refractivity contribution in [3.63, 3.8) is 0 Å². The van der Waals surface area contributed by atoms with Crippen LogP contribution in [-0.4, -0.2) is 37.5 Å². The Morgan fingerprint density at radius 3 is 2.44 bits per heavy atom. The molecule has 0 bridgehead atoms. The molecule has 3 heterocycles. The number of carboxylic acids is 1. The van der Waals surface area contributed by atoms with Gasteiger partial charge < -0.3 is 9.84 Å². The average Bonchev–Trinajstić information content (AvgIpc) is 3.25. The van der Waals surface area contributed by atoms with E-state index in [0.717, 1.165) is 50.6 Å². The molecule has 2 aromatic carbocycles. The third-order valence-electron chi connectivity index (χ3n) is 6.95. The summed E-state index contributed by atoms with van der Waals surface area (Å²) in [5, 5.41) is 19.0. The lowest BCUT2D eigenvalue weighted by molar-refractivity contribution is -0.100. The van der Waals surface area contributed by atoms with Gasteiger partial charge in [0.15, 0.2) is 0 Å². The Hall–Kier alpha value is -3.51. The maximum absolute atomic E-state index is 11.5. The summed E-state index contributed by atoms with van der Waals surface area (Å²) in [5.41, 5.74) is 7.86. The normalized spacial score (nSPS) is 17.1. The predicted molar refractivity (Wildman–Crippen MR) is 144 cm³/mol. The maximum atomic E-state index is 11.5. The monoisotopic (exact) mass is 483 g/mol. The highest BCUT2D eigenvalue weighted by atomic mass is 16.5. The zero-order chi connectivity index (χ0) is 26.0. The van der Waals surface area contributed by atoms with E-state index in [1.54, 1.807) is 12.1 Å². The van der Waals surface area contributed by atoms with E-state index in [-0.39, 0.29) is 17.1 Å². The summed E-state index contributed by atoms with van der Waals surface area (Å²) in [5.74, 6) is -0.756. The molecular weight excluding hydrogens is 450 g/mol. The number of hydrogen-bond acceptors (Lipinski definition) is 4. The van der Waals surface area contributed by atoms with Crippen LogP contribution in [0.15, 0.2) is 42.6 Å². The van der Waals surface area contributed by atoms with Crippen molar-refractivity contribution in [3.05, 3.63) is 64.9 Å². The largest absolute Gasteiger partial charge is 0.478 e. The molecule has 0 saturated carbocycles. The maximum Gasteiger partial charge on any atom is 0.335 e. The third-order valence-corrected chi connectivity index (χ3v) is 6.95. The van der Waals surface area contributed by atoms with E-state index in [4.69, 9.17) is 9.72 Å². The Morgan fingerprint density at radius 2 is 1.83 bits per heavy atom. The lowest BCUT2D eigenvalue weighted by Crippen LogP contribution is -2.39. The fourth-order valence-corrected chi connectivity index (χ4v) is 5.79. The van der Waals surface area contributed by atoms with Crippen molar-refractivity contribution in [3.8, 4) is 11.3 Å². The number of aromatic amines is 1. The molecule has 0 spiro atoms. The summed E-state index contributed by atoms with van der Waals surface area (Å²) in [6, 6.07) is 9.23. The number of aromatic nitrogens is 3. The number of aromatic carboxylic acids is 1. The number of pyridine rings is 1. The van der Waals surface area contributed by atoms with Gasteiger partial charge in [0.1, 0.15) is 0 Å². The number of hydrogen-bond donors (Lipinski definition) is 2. The summed E-state index contributed by atoms with van der Waals surface area (Å²) in [7, 11) is 0. The molecule has 6 nitrogen and oxygen atoms in total. The van der Waals surface area contributed by atoms with Crippen molar-refractivity contribution in [2.24, 2.45) is 0 Å². The quantitative estimate of drug-likeness (QED) is 0.319. The number of nitrogens with one attached hydrogen (secondary N) is 1. The summed E-state index contributed by atoms with van der Waals surface area (Å²) < 4.78 is 6.39. The molecule has 0 saturated heterocycles. The molecule has 6 heteroatoms. The van der Waals surface area contributed by atoms with E-state index in [0.29, 0.717) is 0 Å². The molecule has 0 fully saturated rings. The van der Waals surface area contributed by atoms with Gasteiger partial charge in [-0.1, -0.05) is 26.0 Å². The molecule has 36 heavy (non-hydrogen) atoms. The summed E-state index contributed by atoms with van der Waals surface area (Å²) in [6.07, 6.45) is 4.89. The van der Waals surface area contributed by atoms with Crippen LogP contribution < -0.4 is 0 Å². The molecule has 0 aliphatic carbocycles. The van der Waals surface area contributed by atoms with Crippen LogP contribution in [0.3, 0.4) is 0 Å². The molecular formula is C30H33N3O3. The van der Waals surface area contributed by atoms with Crippen molar-refractivity contribution in [1.82, 2.24) is 15.2 Å². The highest BCUT2D eigenvalue weighted by molar-refractivity contribution is 6.05. The summed E-state index contributed by atoms with van der Waals surface area (Å²) >= 11 is 0. The van der Waals surface area contributed by atoms with Gasteiger partial charge in [-0.25, -0.2) is 9.78 Å². The topological polar surface area (TPSA) is 88.1 Å². The Morgan fingerprint density at radius 1 is 1.14 bits per heavy atom. The number of carbonyl (C=O) groups is 1. The van der Waals surface area contributed by atoms with Crippen molar-refractivity contribution in [2.45, 2.75) is 72.0 Å². The number of aryl methyl sites for hydroxylation is 1. The van der Waals surface area contributed by atoms with Crippen LogP contribution >= 0.6 is 0 Å². The minimum atomic E-state index is -0.938. The van der Waals surface area contributed by atoms with E-state index in [2.05, 4.69) is 70.8 Å². The number of nitrogens with zero attached hydrogens (tertiary/aromatic N) is 2. The zero-order valence-corrected chi connectivity index (χ0v) is 22.0. The van der Waals surface area contributed by atoms with Gasteiger partial charge in [0.25, 0.3) is 0 Å². The van der Waals surface area contributed by atoms with E-state index in [9.17, 15) is 9.90 Å². The van der Waals surface area contributed by atoms with Crippen LogP contribution in [-0.2, 0) is 4.74 Å². The van der Waals surface area contributed by atoms with Crippen molar-refractivity contribution in [2.75, 3.05) is 0 Å². The van der Waals surface area contributed by atoms with Crippen LogP contribution in [0.2, 0.25) is 0 Å². The smallest absolute Gasteiger partial charge is 0.335 e. The molecule has 5 rings (SSSR count). The first-order valence-corrected chi connectivity index (χ1v) is 12.4. The van der Waals surface area contributed by atoms with E-state index >= 15 is 0 Å². The first-order valence-electron chi connectivity index (χ1n) is 12.4. The highest BCUT2D eigenvalue weighted by Crippen LogP contribution is 2.46. The van der Waals surface area contributed by atoms with Crippen LogP contribution in [0, 0.1) is 6.92 Å². The van der Waals surface area contributed by atoms with Gasteiger partial charge >= 0.3 is 5.97 Å². The Labute approximate surface area is 211 Å². The molecule has 2 aromatic heterocycles. The Bertz CT molecular complexity index is 1540. The van der Waals surface area contributed by atoms with Crippen LogP contribution in [0.25, 0.3) is 38.6 Å². The molecule has 186 valence electrons. The van der Waals surface area contributed by atoms with Gasteiger partial charge in [-0.05, 0) is 81.5 Å². The van der Waals surface area contributed by atoms with Crippen LogP contribution in [0.4, 0.5) is 0 Å². The summed E-state index contributed by atoms with van der Waals surface area (Å²) in [4.78, 5) is 16.7. The first-order chi connectivity index (χ1) is 16.9. The molecule has 0 radical (unpaired) electrons. The summed E-state index contributed by atoms with van der Waals surface area (Å²) in [6.45, 7) is 15.0. The second-order valence-electron chi connectivity index (χ2n) is 11.3. The van der Waals surface area contributed by atoms with Crippen molar-refractivity contribution in [1.29, 1.82) is 0 Å². The van der Waals surface area contributed by atoms with Crippen molar-refractivity contribution >= 4 is 33.3 Å². The third kappa shape index (κ3) is 4.09. The fourth-order valence-electron chi connectivity index (χ4n) is 5.79. The number of fused-ring (bicyclic) bond motifs is 2. The molecule has 2 N–H and O–H groups in total. The number of carboxylic acid groups (broad SMARTS) is 1. The minimum Gasteiger partial charge on any atom is -0.478 e. The lowest BCUT2D eigenvalue weighted by Gasteiger charge is -2.41. The van der Waals surface area contributed by atoms with Gasteiger partial charge in [0.2, 0.25) is 0 Å². The fraction of sp³-hybridized carbons (Fsp3) is 0.367. The standard InChI is InChI=1S/C30H33N3O3/c1-16(2)23-24(21-13-29(4,5)36-30(6,7)14-21)22-12-20-15-31-33-25(20)17(3)26(22)32-27(23)18-8-10-19(11-9-18)28(34)35/h8-13,15-16H,14H2,1-7H3,(H,31,33)(H,34,35). The van der Waals surface area contributed by atoms with Gasteiger partial charge in [0.05, 0.1) is 39.7 Å². The lowest BCUT2D eigenvalue weighted by atomic mass is 9.79. The van der Waals surface area contributed by atoms with Crippen molar-refractivity contribution < 1.29 is 14.6 Å². The van der Waals surface area contributed by atoms with E-state index in [1.807, 2.05) is 18.3 Å². The second kappa shape index (κ2) is 8.27. The molecule has 0 amide bonds. The van der Waals surface area contributed by atoms with Crippen LogP contribution in [0.1, 0.15) is 80.9 Å². The number of rotatable bonds is 4. The minimum absolute atomic E-state index is 0.182. The SMILES string of the molecule is Cc1c2nc(-c3ccc(C(=O)O)cc3)c(C(C)C)c(C3=CC(C)(C)OC(C)(C)C3)c2cc2cn[nH]c12. The molecule has 1 aliphatic rings. The van der Waals surface area contributed by atoms with Gasteiger partial charge in [0, 0.05) is 28.3 Å². The number of ether oxygens (including phenoxy) is 1. The molecule has 0 unspecified atom stereocenters. The van der Waals surface area contributed by atoms with E-state index in [1.165, 1.54) is 11.1 Å². The Kier molecular flexibility index (Phi) is 5.56. The Balaban J connectivity index is 1.92. The predicted octanol–water partition coefficient (Wildman–Crippen LogP) is 7.27. The zero-order valence-electron chi connectivity index (χ0n) is 22.0. The van der Waals surface area contributed by atoms with E-state index < -0.39 is 11.6 Å². The molecule has 4 aromatic rings. The number of benzene rings is 2. The average molecular weight is 484 g/mol. The first kappa shape index (κ1) is 24.2.